The highest BCUT2D eigenvalue weighted by atomic mass is 16.3. The van der Waals surface area contributed by atoms with Crippen molar-refractivity contribution in [3.8, 4) is 0 Å². The van der Waals surface area contributed by atoms with Crippen LogP contribution in [0.15, 0.2) is 18.2 Å². The van der Waals surface area contributed by atoms with Crippen LogP contribution in [0.4, 0.5) is 0 Å². The summed E-state index contributed by atoms with van der Waals surface area (Å²) in [4.78, 5) is 15.3. The van der Waals surface area contributed by atoms with E-state index in [-0.39, 0.29) is 18.6 Å². The first-order valence-electron chi connectivity index (χ1n) is 11.6. The third-order valence-corrected chi connectivity index (χ3v) is 7.40. The van der Waals surface area contributed by atoms with E-state index in [0.29, 0.717) is 6.42 Å². The minimum Gasteiger partial charge on any atom is -0.396 e. The molecule has 1 N–H and O–H groups in total. The molecule has 2 aliphatic rings. The van der Waals surface area contributed by atoms with Crippen LogP contribution in [0.3, 0.4) is 0 Å². The monoisotopic (exact) mass is 396 g/mol. The minimum atomic E-state index is 0.127. The molecule has 1 aliphatic heterocycles. The van der Waals surface area contributed by atoms with E-state index >= 15 is 0 Å². The number of likely N-dealkylation sites (tertiary alicyclic amines) is 1. The largest absolute Gasteiger partial charge is 0.396 e. The summed E-state index contributed by atoms with van der Waals surface area (Å²) in [5.74, 6) is 0.911. The summed E-state index contributed by atoms with van der Waals surface area (Å²) in [6, 6.07) is 6.47. The summed E-state index contributed by atoms with van der Waals surface area (Å²) in [7, 11) is 0. The molecular weight excluding hydrogens is 360 g/mol. The number of nitrogens with zero attached hydrogens (tertiary/aromatic N) is 2. The fourth-order valence-corrected chi connectivity index (χ4v) is 5.53. The van der Waals surface area contributed by atoms with E-state index in [4.69, 9.17) is 0 Å². The molecule has 1 aromatic carbocycles. The Hall–Kier alpha value is -1.81. The van der Waals surface area contributed by atoms with E-state index in [1.54, 1.807) is 0 Å². The summed E-state index contributed by atoms with van der Waals surface area (Å²) < 4.78 is 2.49. The lowest BCUT2D eigenvalue weighted by Gasteiger charge is -2.35. The number of aliphatic hydroxyl groups is 1. The summed E-state index contributed by atoms with van der Waals surface area (Å²) in [6.45, 7) is 6.48. The summed E-state index contributed by atoms with van der Waals surface area (Å²) in [5.41, 5.74) is 4.70. The van der Waals surface area contributed by atoms with Crippen molar-refractivity contribution in [2.24, 2.45) is 5.92 Å². The van der Waals surface area contributed by atoms with Gasteiger partial charge in [-0.05, 0) is 82.1 Å². The zero-order chi connectivity index (χ0) is 20.4. The van der Waals surface area contributed by atoms with E-state index < -0.39 is 0 Å². The molecule has 4 rings (SSSR count). The number of hydrogen-bond donors (Lipinski definition) is 1. The first kappa shape index (κ1) is 20.5. The highest BCUT2D eigenvalue weighted by Crippen LogP contribution is 2.32. The van der Waals surface area contributed by atoms with Crippen LogP contribution in [-0.2, 0) is 6.54 Å². The van der Waals surface area contributed by atoms with Gasteiger partial charge in [-0.3, -0.25) is 4.79 Å². The molecule has 2 fully saturated rings. The number of aromatic nitrogens is 1. The fraction of sp³-hybridized carbons (Fsp3) is 0.640. The third-order valence-electron chi connectivity index (χ3n) is 7.40. The number of hydrogen-bond acceptors (Lipinski definition) is 2. The number of aliphatic hydroxyl groups excluding tert-OH is 1. The molecule has 4 nitrogen and oxygen atoms in total. The molecule has 0 radical (unpaired) electrons. The van der Waals surface area contributed by atoms with Crippen LogP contribution >= 0.6 is 0 Å². The number of rotatable bonds is 5. The highest BCUT2D eigenvalue weighted by Gasteiger charge is 2.27. The van der Waals surface area contributed by atoms with Gasteiger partial charge in [-0.2, -0.15) is 0 Å². The Balaban J connectivity index is 1.62. The van der Waals surface area contributed by atoms with Crippen LogP contribution in [-0.4, -0.2) is 39.7 Å². The second kappa shape index (κ2) is 8.91. The molecular formula is C25H36N2O2. The summed E-state index contributed by atoms with van der Waals surface area (Å²) in [6.07, 6.45) is 10.7. The summed E-state index contributed by atoms with van der Waals surface area (Å²) in [5, 5.41) is 10.6. The number of benzene rings is 1. The lowest BCUT2D eigenvalue weighted by atomic mass is 9.89. The Morgan fingerprint density at radius 1 is 1.07 bits per heavy atom. The van der Waals surface area contributed by atoms with Gasteiger partial charge in [-0.25, -0.2) is 0 Å². The van der Waals surface area contributed by atoms with Gasteiger partial charge in [0.25, 0.3) is 5.91 Å². The van der Waals surface area contributed by atoms with Crippen molar-refractivity contribution in [1.29, 1.82) is 0 Å². The lowest BCUT2D eigenvalue weighted by Crippen LogP contribution is -2.44. The van der Waals surface area contributed by atoms with Crippen LogP contribution in [0.25, 0.3) is 10.9 Å². The first-order chi connectivity index (χ1) is 14.1. The molecule has 0 bridgehead atoms. The van der Waals surface area contributed by atoms with Crippen molar-refractivity contribution in [1.82, 2.24) is 9.47 Å². The van der Waals surface area contributed by atoms with Gasteiger partial charge in [-0.15, -0.1) is 0 Å². The average Bonchev–Trinajstić information content (AvgIpc) is 2.99. The van der Waals surface area contributed by atoms with Crippen LogP contribution in [0.2, 0.25) is 0 Å². The van der Waals surface area contributed by atoms with Gasteiger partial charge in [-0.1, -0.05) is 19.3 Å². The summed E-state index contributed by atoms with van der Waals surface area (Å²) >= 11 is 0. The number of carbonyl (C=O) groups excluding carboxylic acids is 1. The Labute approximate surface area is 174 Å². The normalized spacial score (nSPS) is 21.1. The third kappa shape index (κ3) is 4.09. The SMILES string of the molecule is Cc1c(C)n(CC2CCCCC2)c2ccc(C(=O)N3CCCCC3CCO)cc12. The first-order valence-corrected chi connectivity index (χ1v) is 11.6. The number of aryl methyl sites for hydroxylation is 1. The van der Waals surface area contributed by atoms with Crippen molar-refractivity contribution >= 4 is 16.8 Å². The molecule has 1 saturated heterocycles. The fourth-order valence-electron chi connectivity index (χ4n) is 5.53. The number of carbonyl (C=O) groups is 1. The van der Waals surface area contributed by atoms with Crippen molar-refractivity contribution in [2.45, 2.75) is 84.2 Å². The van der Waals surface area contributed by atoms with E-state index in [9.17, 15) is 9.90 Å². The molecule has 0 spiro atoms. The molecule has 4 heteroatoms. The Morgan fingerprint density at radius 2 is 1.83 bits per heavy atom. The van der Waals surface area contributed by atoms with E-state index in [1.165, 1.54) is 54.3 Å². The Bertz CT molecular complexity index is 861. The molecule has 1 amide bonds. The average molecular weight is 397 g/mol. The van der Waals surface area contributed by atoms with Gasteiger partial charge < -0.3 is 14.6 Å². The number of piperidine rings is 1. The van der Waals surface area contributed by atoms with E-state index in [1.807, 2.05) is 11.0 Å². The maximum Gasteiger partial charge on any atom is 0.254 e. The van der Waals surface area contributed by atoms with Crippen molar-refractivity contribution in [3.05, 3.63) is 35.0 Å². The van der Waals surface area contributed by atoms with Gasteiger partial charge in [0.15, 0.2) is 0 Å². The van der Waals surface area contributed by atoms with E-state index in [0.717, 1.165) is 43.8 Å². The number of amides is 1. The van der Waals surface area contributed by atoms with Crippen LogP contribution in [0.1, 0.15) is 79.4 Å². The topological polar surface area (TPSA) is 45.5 Å². The van der Waals surface area contributed by atoms with Crippen LogP contribution in [0, 0.1) is 19.8 Å². The van der Waals surface area contributed by atoms with Gasteiger partial charge in [0, 0.05) is 47.9 Å². The van der Waals surface area contributed by atoms with Crippen molar-refractivity contribution in [3.63, 3.8) is 0 Å². The van der Waals surface area contributed by atoms with Gasteiger partial charge in [0.1, 0.15) is 0 Å². The maximum absolute atomic E-state index is 13.3. The second-order valence-corrected chi connectivity index (χ2v) is 9.22. The molecule has 158 valence electrons. The van der Waals surface area contributed by atoms with E-state index in [2.05, 4.69) is 30.5 Å². The standard InChI is InChI=1S/C25H36N2O2/c1-18-19(2)27(17-20-8-4-3-5-9-20)24-12-11-21(16-23(18)24)25(29)26-14-7-6-10-22(26)13-15-28/h11-12,16,20,22,28H,3-10,13-15,17H2,1-2H3. The number of fused-ring (bicyclic) bond motifs is 1. The molecule has 1 aliphatic carbocycles. The van der Waals surface area contributed by atoms with Crippen molar-refractivity contribution in [2.75, 3.05) is 13.2 Å². The predicted octanol–water partition coefficient (Wildman–Crippen LogP) is 5.22. The molecule has 29 heavy (non-hydrogen) atoms. The van der Waals surface area contributed by atoms with Crippen LogP contribution in [0.5, 0.6) is 0 Å². The Kier molecular flexibility index (Phi) is 6.29. The molecule has 1 saturated carbocycles. The Morgan fingerprint density at radius 3 is 2.59 bits per heavy atom. The van der Waals surface area contributed by atoms with Crippen molar-refractivity contribution < 1.29 is 9.90 Å². The molecule has 2 heterocycles. The zero-order valence-electron chi connectivity index (χ0n) is 18.1. The van der Waals surface area contributed by atoms with Gasteiger partial charge >= 0.3 is 0 Å². The highest BCUT2D eigenvalue weighted by molar-refractivity contribution is 5.99. The molecule has 1 unspecified atom stereocenters. The van der Waals surface area contributed by atoms with Crippen LogP contribution < -0.4 is 0 Å². The lowest BCUT2D eigenvalue weighted by molar-refractivity contribution is 0.0575. The zero-order valence-corrected chi connectivity index (χ0v) is 18.1. The second-order valence-electron chi connectivity index (χ2n) is 9.22. The van der Waals surface area contributed by atoms with Gasteiger partial charge in [0.05, 0.1) is 0 Å². The minimum absolute atomic E-state index is 0.127. The molecule has 1 atom stereocenters. The quantitative estimate of drug-likeness (QED) is 0.753. The molecule has 2 aromatic rings. The maximum atomic E-state index is 13.3. The van der Waals surface area contributed by atoms with Gasteiger partial charge in [0.2, 0.25) is 0 Å². The smallest absolute Gasteiger partial charge is 0.254 e. The predicted molar refractivity (Wildman–Crippen MR) is 118 cm³/mol. The molecule has 1 aromatic heterocycles.